The SMILES string of the molecule is CNC(C)c1csc(NS(=O)(=O)c2cc(Cl)c(Br)s2)n1. The van der Waals surface area contributed by atoms with Crippen molar-refractivity contribution in [2.45, 2.75) is 17.2 Å². The lowest BCUT2D eigenvalue weighted by molar-refractivity contribution is 0.603. The first kappa shape index (κ1) is 16.2. The Labute approximate surface area is 138 Å². The Balaban J connectivity index is 2.22. The van der Waals surface area contributed by atoms with Crippen LogP contribution in [-0.4, -0.2) is 20.4 Å². The number of rotatable bonds is 5. The van der Waals surface area contributed by atoms with Crippen LogP contribution in [0, 0.1) is 0 Å². The van der Waals surface area contributed by atoms with Crippen LogP contribution >= 0.6 is 50.2 Å². The summed E-state index contributed by atoms with van der Waals surface area (Å²) in [6, 6.07) is 1.47. The van der Waals surface area contributed by atoms with Gasteiger partial charge in [-0.3, -0.25) is 4.72 Å². The van der Waals surface area contributed by atoms with Crippen molar-refractivity contribution in [2.75, 3.05) is 11.8 Å². The first-order valence-electron chi connectivity index (χ1n) is 5.44. The molecule has 10 heteroatoms. The molecule has 2 aromatic heterocycles. The number of hydrogen-bond donors (Lipinski definition) is 2. The second kappa shape index (κ2) is 6.29. The summed E-state index contributed by atoms with van der Waals surface area (Å²) in [5.41, 5.74) is 0.792. The first-order valence-corrected chi connectivity index (χ1v) is 9.79. The third-order valence-corrected chi connectivity index (χ3v) is 7.70. The highest BCUT2D eigenvalue weighted by atomic mass is 79.9. The smallest absolute Gasteiger partial charge is 0.273 e. The summed E-state index contributed by atoms with van der Waals surface area (Å²) in [6.07, 6.45) is 0. The number of nitrogens with one attached hydrogen (secondary N) is 2. The lowest BCUT2D eigenvalue weighted by atomic mass is 10.3. The van der Waals surface area contributed by atoms with E-state index in [4.69, 9.17) is 11.6 Å². The highest BCUT2D eigenvalue weighted by Gasteiger charge is 2.21. The van der Waals surface area contributed by atoms with E-state index in [1.807, 2.05) is 19.4 Å². The van der Waals surface area contributed by atoms with E-state index in [2.05, 4.69) is 31.0 Å². The number of halogens is 2. The molecule has 2 aromatic rings. The average Bonchev–Trinajstić information content (AvgIpc) is 2.96. The summed E-state index contributed by atoms with van der Waals surface area (Å²) in [4.78, 5) is 4.25. The molecule has 0 aliphatic rings. The second-order valence-corrected chi connectivity index (χ2v) is 9.43. The van der Waals surface area contributed by atoms with Crippen molar-refractivity contribution in [3.8, 4) is 0 Å². The van der Waals surface area contributed by atoms with Crippen molar-refractivity contribution in [1.29, 1.82) is 0 Å². The van der Waals surface area contributed by atoms with E-state index in [1.165, 1.54) is 17.4 Å². The standard InChI is InChI=1S/C10H11BrClN3O2S3/c1-5(13-2)7-4-18-10(14-7)15-20(16,17)8-3-6(12)9(11)19-8/h3-5,13H,1-2H3,(H,14,15). The van der Waals surface area contributed by atoms with Crippen LogP contribution in [0.5, 0.6) is 0 Å². The maximum atomic E-state index is 12.2. The van der Waals surface area contributed by atoms with Gasteiger partial charge in [0, 0.05) is 11.4 Å². The monoisotopic (exact) mass is 415 g/mol. The molecule has 0 aliphatic heterocycles. The van der Waals surface area contributed by atoms with Crippen molar-refractivity contribution in [3.05, 3.63) is 25.9 Å². The molecule has 20 heavy (non-hydrogen) atoms. The molecule has 1 atom stereocenters. The largest absolute Gasteiger partial charge is 0.312 e. The van der Waals surface area contributed by atoms with Gasteiger partial charge in [0.15, 0.2) is 5.13 Å². The fourth-order valence-electron chi connectivity index (χ4n) is 1.30. The van der Waals surface area contributed by atoms with Gasteiger partial charge in [-0.1, -0.05) is 11.6 Å². The van der Waals surface area contributed by atoms with E-state index in [9.17, 15) is 8.42 Å². The minimum Gasteiger partial charge on any atom is -0.312 e. The number of thiazole rings is 1. The number of nitrogens with zero attached hydrogens (tertiary/aromatic N) is 1. The molecule has 1 unspecified atom stereocenters. The zero-order valence-corrected chi connectivity index (χ0v) is 15.3. The number of anilines is 1. The van der Waals surface area contributed by atoms with E-state index >= 15 is 0 Å². The van der Waals surface area contributed by atoms with Gasteiger partial charge in [0.2, 0.25) is 0 Å². The molecule has 2 heterocycles. The van der Waals surface area contributed by atoms with Crippen LogP contribution in [0.25, 0.3) is 0 Å². The molecule has 5 nitrogen and oxygen atoms in total. The van der Waals surface area contributed by atoms with E-state index in [1.54, 1.807) is 0 Å². The normalized spacial score (nSPS) is 13.4. The van der Waals surface area contributed by atoms with Gasteiger partial charge in [-0.2, -0.15) is 0 Å². The lowest BCUT2D eigenvalue weighted by Gasteiger charge is -2.05. The van der Waals surface area contributed by atoms with Gasteiger partial charge in [-0.25, -0.2) is 13.4 Å². The van der Waals surface area contributed by atoms with Gasteiger partial charge in [0.1, 0.15) is 4.21 Å². The molecule has 0 radical (unpaired) electrons. The van der Waals surface area contributed by atoms with Gasteiger partial charge >= 0.3 is 0 Å². The van der Waals surface area contributed by atoms with E-state index < -0.39 is 10.0 Å². The maximum absolute atomic E-state index is 12.2. The average molecular weight is 417 g/mol. The topological polar surface area (TPSA) is 71.1 Å². The Bertz CT molecular complexity index is 694. The third kappa shape index (κ3) is 3.52. The maximum Gasteiger partial charge on any atom is 0.273 e. The number of aromatic nitrogens is 1. The molecule has 0 bridgehead atoms. The molecule has 2 rings (SSSR count). The quantitative estimate of drug-likeness (QED) is 0.779. The van der Waals surface area contributed by atoms with E-state index in [0.29, 0.717) is 13.9 Å². The summed E-state index contributed by atoms with van der Waals surface area (Å²) in [6.45, 7) is 1.95. The number of sulfonamides is 1. The Morgan fingerprint density at radius 1 is 1.50 bits per heavy atom. The van der Waals surface area contributed by atoms with Crippen molar-refractivity contribution in [2.24, 2.45) is 0 Å². The zero-order valence-electron chi connectivity index (χ0n) is 10.5. The summed E-state index contributed by atoms with van der Waals surface area (Å²) < 4.78 is 27.6. The molecule has 110 valence electrons. The second-order valence-electron chi connectivity index (χ2n) is 3.88. The Hall–Kier alpha value is -0.190. The molecule has 0 amide bonds. The van der Waals surface area contributed by atoms with Crippen LogP contribution in [-0.2, 0) is 10.0 Å². The Morgan fingerprint density at radius 2 is 2.20 bits per heavy atom. The summed E-state index contributed by atoms with van der Waals surface area (Å²) in [5.74, 6) is 0. The molecule has 2 N–H and O–H groups in total. The molecule has 0 aliphatic carbocycles. The molecule has 0 saturated heterocycles. The number of hydrogen-bond acceptors (Lipinski definition) is 6. The summed E-state index contributed by atoms with van der Waals surface area (Å²) in [5, 5.41) is 5.57. The molecular formula is C10H11BrClN3O2S3. The Kier molecular flexibility index (Phi) is 5.09. The van der Waals surface area contributed by atoms with Crippen molar-refractivity contribution >= 4 is 65.4 Å². The molecule has 0 fully saturated rings. The van der Waals surface area contributed by atoms with E-state index in [-0.39, 0.29) is 10.3 Å². The molecule has 0 aromatic carbocycles. The minimum atomic E-state index is -3.65. The molecule has 0 saturated carbocycles. The van der Waals surface area contributed by atoms with Crippen LogP contribution in [0.1, 0.15) is 18.7 Å². The lowest BCUT2D eigenvalue weighted by Crippen LogP contribution is -2.14. The summed E-state index contributed by atoms with van der Waals surface area (Å²) >= 11 is 11.4. The first-order chi connectivity index (χ1) is 9.33. The predicted molar refractivity (Wildman–Crippen MR) is 87.4 cm³/mol. The van der Waals surface area contributed by atoms with Crippen molar-refractivity contribution in [1.82, 2.24) is 10.3 Å². The predicted octanol–water partition coefficient (Wildman–Crippen LogP) is 3.70. The fraction of sp³-hybridized carbons (Fsp3) is 0.300. The van der Waals surface area contributed by atoms with Crippen LogP contribution in [0.3, 0.4) is 0 Å². The highest BCUT2D eigenvalue weighted by Crippen LogP contribution is 2.35. The molecule has 0 spiro atoms. The van der Waals surface area contributed by atoms with Gasteiger partial charge < -0.3 is 5.32 Å². The van der Waals surface area contributed by atoms with Gasteiger partial charge in [-0.15, -0.1) is 22.7 Å². The van der Waals surface area contributed by atoms with Crippen LogP contribution in [0.15, 0.2) is 19.4 Å². The third-order valence-electron chi connectivity index (χ3n) is 2.51. The Morgan fingerprint density at radius 3 is 2.75 bits per heavy atom. The number of thiophene rings is 1. The van der Waals surface area contributed by atoms with Crippen LogP contribution in [0.4, 0.5) is 5.13 Å². The van der Waals surface area contributed by atoms with Gasteiger partial charge in [-0.05, 0) is 36.0 Å². The minimum absolute atomic E-state index is 0.0647. The highest BCUT2D eigenvalue weighted by molar-refractivity contribution is 9.11. The van der Waals surface area contributed by atoms with Gasteiger partial charge in [0.25, 0.3) is 10.0 Å². The van der Waals surface area contributed by atoms with Crippen molar-refractivity contribution in [3.63, 3.8) is 0 Å². The van der Waals surface area contributed by atoms with Crippen LogP contribution in [0.2, 0.25) is 5.02 Å². The zero-order chi connectivity index (χ0) is 14.9. The van der Waals surface area contributed by atoms with Crippen LogP contribution < -0.4 is 10.0 Å². The van der Waals surface area contributed by atoms with Crippen molar-refractivity contribution < 1.29 is 8.42 Å². The fourth-order valence-corrected chi connectivity index (χ4v) is 5.76. The van der Waals surface area contributed by atoms with E-state index in [0.717, 1.165) is 17.0 Å². The summed E-state index contributed by atoms with van der Waals surface area (Å²) in [7, 11) is -1.83. The molecular weight excluding hydrogens is 406 g/mol. The van der Waals surface area contributed by atoms with Gasteiger partial charge in [0.05, 0.1) is 14.5 Å².